The Morgan fingerprint density at radius 3 is 2.02 bits per heavy atom. The maximum Gasteiger partial charge on any atom is 0.226 e. The van der Waals surface area contributed by atoms with Crippen molar-refractivity contribution in [2.45, 2.75) is 167 Å². The second kappa shape index (κ2) is 15.0. The second-order valence-corrected chi connectivity index (χ2v) is 21.2. The number of carbonyl (C=O) groups is 5. The average Bonchev–Trinajstić information content (AvgIpc) is 3.86. The number of hydrogen-bond donors (Lipinski definition) is 0. The van der Waals surface area contributed by atoms with Gasteiger partial charge in [0, 0.05) is 44.1 Å². The van der Waals surface area contributed by atoms with Crippen LogP contribution in [0.15, 0.2) is 0 Å². The van der Waals surface area contributed by atoms with E-state index in [0.29, 0.717) is 38.1 Å². The molecule has 2 heterocycles. The van der Waals surface area contributed by atoms with Crippen molar-refractivity contribution in [2.24, 2.45) is 40.4 Å². The molecule has 0 N–H and O–H groups in total. The zero-order valence-corrected chi connectivity index (χ0v) is 31.8. The van der Waals surface area contributed by atoms with E-state index in [4.69, 9.17) is 0 Å². The summed E-state index contributed by atoms with van der Waals surface area (Å²) in [6.07, 6.45) is 13.3. The maximum atomic E-state index is 14.5. The Kier molecular flexibility index (Phi) is 11.7. The summed E-state index contributed by atoms with van der Waals surface area (Å²) in [6, 6.07) is -0.634. The number of sulfone groups is 1. The molecular formula is C40H63NO7S. The molecule has 0 spiro atoms. The molecular weight excluding hydrogens is 639 g/mol. The van der Waals surface area contributed by atoms with Gasteiger partial charge in [-0.15, -0.1) is 0 Å². The number of Topliss-reactive ketones (excluding diaryl/α,β-unsaturated/α-hetero) is 4. The van der Waals surface area contributed by atoms with Crippen LogP contribution in [0.4, 0.5) is 0 Å². The second-order valence-electron chi connectivity index (χ2n) is 18.4. The van der Waals surface area contributed by atoms with Gasteiger partial charge in [0.15, 0.2) is 21.4 Å². The minimum atomic E-state index is -3.44. The van der Waals surface area contributed by atoms with Gasteiger partial charge in [0.2, 0.25) is 11.7 Å². The highest BCUT2D eigenvalue weighted by atomic mass is 32.2. The van der Waals surface area contributed by atoms with Gasteiger partial charge in [-0.3, -0.25) is 24.0 Å². The van der Waals surface area contributed by atoms with Gasteiger partial charge in [-0.25, -0.2) is 8.42 Å². The molecule has 0 bridgehead atoms. The summed E-state index contributed by atoms with van der Waals surface area (Å²) in [7, 11) is -3.44. The number of amides is 1. The quantitative estimate of drug-likeness (QED) is 0.220. The predicted octanol–water partition coefficient (Wildman–Crippen LogP) is 7.25. The first-order valence-corrected chi connectivity index (χ1v) is 21.3. The van der Waals surface area contributed by atoms with Crippen molar-refractivity contribution in [3.8, 4) is 0 Å². The van der Waals surface area contributed by atoms with Crippen LogP contribution in [0.2, 0.25) is 0 Å². The van der Waals surface area contributed by atoms with Crippen molar-refractivity contribution in [3.05, 3.63) is 0 Å². The number of rotatable bonds is 10. The third kappa shape index (κ3) is 8.95. The molecule has 2 aliphatic heterocycles. The average molecular weight is 702 g/mol. The van der Waals surface area contributed by atoms with Crippen LogP contribution in [0, 0.1) is 40.4 Å². The number of fused-ring (bicyclic) bond motifs is 3. The van der Waals surface area contributed by atoms with Crippen LogP contribution in [-0.4, -0.2) is 65.4 Å². The minimum Gasteiger partial charge on any atom is -0.332 e. The van der Waals surface area contributed by atoms with E-state index in [2.05, 4.69) is 13.8 Å². The van der Waals surface area contributed by atoms with Crippen LogP contribution < -0.4 is 0 Å². The number of hydrogen-bond acceptors (Lipinski definition) is 7. The van der Waals surface area contributed by atoms with Crippen molar-refractivity contribution < 1.29 is 32.4 Å². The molecule has 5 fully saturated rings. The summed E-state index contributed by atoms with van der Waals surface area (Å²) < 4.78 is 25.9. The van der Waals surface area contributed by atoms with Crippen LogP contribution in [0.1, 0.15) is 157 Å². The van der Waals surface area contributed by atoms with Crippen molar-refractivity contribution in [3.63, 3.8) is 0 Å². The molecule has 0 radical (unpaired) electrons. The number of carbonyl (C=O) groups excluding carboxylic acids is 5. The molecule has 5 aliphatic rings. The van der Waals surface area contributed by atoms with Crippen molar-refractivity contribution in [1.29, 1.82) is 0 Å². The molecule has 0 aromatic rings. The van der Waals surface area contributed by atoms with Crippen molar-refractivity contribution >= 4 is 38.9 Å². The SMILES string of the molecule is CC1(C)[C@@H]2[C@H]3C(=O)C[C@H](C(=O)C(=O)CC4CC4)CCCCCCCC[C@H](CC(=O)CC4(CS(=O)(=O)C(C)(C)C)CCCCC4)C(=O)N3C[C@@H]21. The van der Waals surface area contributed by atoms with Gasteiger partial charge in [0.1, 0.15) is 5.78 Å². The van der Waals surface area contributed by atoms with E-state index in [-0.39, 0.29) is 71.9 Å². The van der Waals surface area contributed by atoms with Gasteiger partial charge in [-0.05, 0) is 87.9 Å². The van der Waals surface area contributed by atoms with E-state index >= 15 is 0 Å². The minimum absolute atomic E-state index is 0.00194. The zero-order chi connectivity index (χ0) is 35.8. The van der Waals surface area contributed by atoms with Crippen LogP contribution in [-0.2, 0) is 33.8 Å². The topological polar surface area (TPSA) is 123 Å². The molecule has 9 heteroatoms. The third-order valence-electron chi connectivity index (χ3n) is 13.2. The largest absolute Gasteiger partial charge is 0.332 e. The Balaban J connectivity index is 1.36. The first kappa shape index (κ1) is 38.3. The number of ketones is 4. The Bertz CT molecular complexity index is 1380. The molecule has 5 rings (SSSR count). The Morgan fingerprint density at radius 2 is 1.41 bits per heavy atom. The van der Waals surface area contributed by atoms with E-state index < -0.39 is 43.7 Å². The first-order valence-electron chi connectivity index (χ1n) is 19.6. The first-order chi connectivity index (χ1) is 23.0. The Hall–Kier alpha value is -1.90. The van der Waals surface area contributed by atoms with Gasteiger partial charge in [-0.1, -0.05) is 71.6 Å². The van der Waals surface area contributed by atoms with Crippen LogP contribution in [0.5, 0.6) is 0 Å². The van der Waals surface area contributed by atoms with Gasteiger partial charge in [-0.2, -0.15) is 0 Å². The van der Waals surface area contributed by atoms with E-state index in [1.54, 1.807) is 25.7 Å². The van der Waals surface area contributed by atoms with E-state index in [1.807, 2.05) is 0 Å². The predicted molar refractivity (Wildman–Crippen MR) is 190 cm³/mol. The third-order valence-corrected chi connectivity index (χ3v) is 16.0. The number of nitrogens with zero attached hydrogens (tertiary/aromatic N) is 1. The monoisotopic (exact) mass is 701 g/mol. The van der Waals surface area contributed by atoms with Crippen molar-refractivity contribution in [1.82, 2.24) is 4.90 Å². The fourth-order valence-corrected chi connectivity index (χ4v) is 11.2. The fourth-order valence-electron chi connectivity index (χ4n) is 9.58. The molecule has 0 aromatic carbocycles. The van der Waals surface area contributed by atoms with E-state index in [0.717, 1.165) is 70.6 Å². The summed E-state index contributed by atoms with van der Waals surface area (Å²) in [6.45, 7) is 9.93. The standard InChI is InChI=1S/C40H63NO7S/c1-38(2,3)49(47,48)26-40(19-13-10-14-20-40)24-30(42)22-29-16-12-9-7-6-8-11-15-28(36(45)33(44)21-27-17-18-27)23-32(43)35-34-31(39(34,4)5)25-41(35)37(29)46/h27-29,31,34-35H,6-26H2,1-5H3/t28-,29-,31+,34+,35-/m1/s1. The lowest BCUT2D eigenvalue weighted by atomic mass is 9.71. The molecule has 8 nitrogen and oxygen atoms in total. The highest BCUT2D eigenvalue weighted by Gasteiger charge is 2.69. The highest BCUT2D eigenvalue weighted by Crippen LogP contribution is 2.65. The summed E-state index contributed by atoms with van der Waals surface area (Å²) in [5.74, 6) is -1.71. The smallest absolute Gasteiger partial charge is 0.226 e. The lowest BCUT2D eigenvalue weighted by Gasteiger charge is -2.39. The van der Waals surface area contributed by atoms with Crippen molar-refractivity contribution in [2.75, 3.05) is 12.3 Å². The summed E-state index contributed by atoms with van der Waals surface area (Å²) in [4.78, 5) is 70.8. The molecule has 3 aliphatic carbocycles. The molecule has 2 saturated heterocycles. The van der Waals surface area contributed by atoms with Crippen LogP contribution >= 0.6 is 0 Å². The molecule has 276 valence electrons. The van der Waals surface area contributed by atoms with E-state index in [9.17, 15) is 32.4 Å². The summed E-state index contributed by atoms with van der Waals surface area (Å²) in [5, 5.41) is 0. The van der Waals surface area contributed by atoms with Gasteiger partial charge in [0.05, 0.1) is 16.5 Å². The Labute approximate surface area is 295 Å². The number of piperidine rings is 1. The van der Waals surface area contributed by atoms with Gasteiger partial charge < -0.3 is 4.90 Å². The van der Waals surface area contributed by atoms with E-state index in [1.165, 1.54) is 0 Å². The van der Waals surface area contributed by atoms with Crippen LogP contribution in [0.25, 0.3) is 0 Å². The molecule has 5 atom stereocenters. The zero-order valence-electron chi connectivity index (χ0n) is 31.0. The molecule has 0 unspecified atom stereocenters. The van der Waals surface area contributed by atoms with Crippen LogP contribution in [0.3, 0.4) is 0 Å². The van der Waals surface area contributed by atoms with Gasteiger partial charge >= 0.3 is 0 Å². The normalized spacial score (nSPS) is 31.2. The maximum absolute atomic E-state index is 14.5. The fraction of sp³-hybridized carbons (Fsp3) is 0.875. The molecule has 3 saturated carbocycles. The Morgan fingerprint density at radius 1 is 0.816 bits per heavy atom. The molecule has 1 amide bonds. The lowest BCUT2D eigenvalue weighted by molar-refractivity contribution is -0.145. The summed E-state index contributed by atoms with van der Waals surface area (Å²) in [5.41, 5.74) is -0.681. The summed E-state index contributed by atoms with van der Waals surface area (Å²) >= 11 is 0. The molecule has 0 aromatic heterocycles. The lowest BCUT2D eigenvalue weighted by Crippen LogP contribution is -2.49. The highest BCUT2D eigenvalue weighted by molar-refractivity contribution is 7.92. The van der Waals surface area contributed by atoms with Gasteiger partial charge in [0.25, 0.3) is 0 Å². The molecule has 49 heavy (non-hydrogen) atoms.